The van der Waals surface area contributed by atoms with Gasteiger partial charge in [0.15, 0.2) is 0 Å². The van der Waals surface area contributed by atoms with E-state index in [0.29, 0.717) is 0 Å². The molecule has 0 unspecified atom stereocenters. The van der Waals surface area contributed by atoms with Gasteiger partial charge in [-0.05, 0) is 52.0 Å². The Morgan fingerprint density at radius 3 is 1.24 bits per heavy atom. The topological polar surface area (TPSA) is 52.9 Å². The molecule has 4 nitrogen and oxygen atoms in total. The first-order valence-corrected chi connectivity index (χ1v) is 9.42. The van der Waals surface area contributed by atoms with Gasteiger partial charge in [0.2, 0.25) is 0 Å². The fourth-order valence-electron chi connectivity index (χ4n) is 2.98. The van der Waals surface area contributed by atoms with Gasteiger partial charge in [0.1, 0.15) is 0 Å². The molecule has 2 aromatic heterocycles. The van der Waals surface area contributed by atoms with Crippen LogP contribution in [-0.2, 0) is 20.4 Å². The van der Waals surface area contributed by atoms with Crippen LogP contribution < -0.4 is 9.97 Å². The molecule has 0 amide bonds. The third-order valence-electron chi connectivity index (χ3n) is 5.28. The molecule has 2 aliphatic rings. The minimum Gasteiger partial charge on any atom is -0.661 e. The summed E-state index contributed by atoms with van der Waals surface area (Å²) < 4.78 is 0. The molecule has 0 fully saturated rings. The van der Waals surface area contributed by atoms with E-state index in [1.54, 1.807) is 12.4 Å². The third kappa shape index (κ3) is 5.32. The van der Waals surface area contributed by atoms with Crippen LogP contribution in [0.3, 0.4) is 0 Å². The summed E-state index contributed by atoms with van der Waals surface area (Å²) in [5.74, 6) is 0. The minimum atomic E-state index is 0. The number of allylic oxidation sites excluding steroid dienone is 4. The average molecular weight is 477 g/mol. The second-order valence-electron chi connectivity index (χ2n) is 7.08. The minimum absolute atomic E-state index is 0. The molecule has 4 rings (SSSR count). The van der Waals surface area contributed by atoms with Crippen molar-refractivity contribution in [1.29, 1.82) is 0 Å². The first-order valence-electron chi connectivity index (χ1n) is 9.42. The van der Waals surface area contributed by atoms with Gasteiger partial charge >= 0.3 is 20.4 Å². The molecule has 0 saturated heterocycles. The van der Waals surface area contributed by atoms with Crippen LogP contribution in [0.2, 0.25) is 0 Å². The van der Waals surface area contributed by atoms with Gasteiger partial charge in [0, 0.05) is 12.4 Å². The number of hydrogen-bond acceptors (Lipinski definition) is 2. The summed E-state index contributed by atoms with van der Waals surface area (Å²) in [6, 6.07) is 0. The summed E-state index contributed by atoms with van der Waals surface area (Å²) in [4.78, 5) is 17.4. The smallest absolute Gasteiger partial charge is 0.661 e. The maximum atomic E-state index is 4.49. The second-order valence-corrected chi connectivity index (χ2v) is 7.08. The Morgan fingerprint density at radius 1 is 0.621 bits per heavy atom. The third-order valence-corrected chi connectivity index (χ3v) is 5.28. The van der Waals surface area contributed by atoms with Gasteiger partial charge in [0.05, 0.1) is 11.4 Å². The van der Waals surface area contributed by atoms with E-state index in [1.807, 2.05) is 50.3 Å². The van der Waals surface area contributed by atoms with Crippen LogP contribution in [0.15, 0.2) is 45.7 Å². The van der Waals surface area contributed by atoms with Crippen LogP contribution >= 0.6 is 0 Å². The summed E-state index contributed by atoms with van der Waals surface area (Å²) in [7, 11) is 0. The monoisotopic (exact) mass is 476 g/mol. The molecule has 0 spiro atoms. The average Bonchev–Trinajstić information content (AvgIpc) is 3.45. The van der Waals surface area contributed by atoms with Crippen molar-refractivity contribution >= 4 is 24.6 Å². The predicted molar refractivity (Wildman–Crippen MR) is 119 cm³/mol. The van der Waals surface area contributed by atoms with Crippen molar-refractivity contribution in [1.82, 2.24) is 9.97 Å². The molecule has 0 N–H and O–H groups in total. The van der Waals surface area contributed by atoms with E-state index in [-0.39, 0.29) is 20.4 Å². The van der Waals surface area contributed by atoms with E-state index in [0.717, 1.165) is 34.2 Å². The molecule has 2 aromatic rings. The zero-order chi connectivity index (χ0) is 20.3. The summed E-state index contributed by atoms with van der Waals surface area (Å²) in [6.07, 6.45) is 15.5. The van der Waals surface area contributed by atoms with Gasteiger partial charge in [-0.15, -0.1) is 11.4 Å². The van der Waals surface area contributed by atoms with Crippen LogP contribution in [0.4, 0.5) is 0 Å². The van der Waals surface area contributed by atoms with Gasteiger partial charge in [0.25, 0.3) is 0 Å². The Kier molecular flexibility index (Phi) is 7.73. The first-order chi connectivity index (χ1) is 13.4. The fraction of sp³-hybridized carbons (Fsp3) is 0.250. The number of aromatic nitrogens is 2. The van der Waals surface area contributed by atoms with Crippen LogP contribution in [-0.4, -0.2) is 12.4 Å². The largest absolute Gasteiger partial charge is 2.00 e. The SMILES string of the molecule is Cc1[n-]c(/C=C2/C=CC=N2)c(C)c1C.Cc1[n-]c(C=C2C=CC=N2)c(C)c1C.[Pd+2]. The van der Waals surface area contributed by atoms with E-state index in [1.165, 1.54) is 22.3 Å². The van der Waals surface area contributed by atoms with Crippen LogP contribution in [0, 0.1) is 41.5 Å². The standard InChI is InChI=1S/2C12H13N2.Pd/c2*1-8-9(2)12(14-10(8)3)7-11-5-4-6-13-11;/h2*4-7H,1-3H3;/q2*-1;+2/b11-7-;;. The molecule has 29 heavy (non-hydrogen) atoms. The second kappa shape index (κ2) is 9.83. The Bertz CT molecular complexity index is 955. The molecular formula is C24H26N4Pd. The molecule has 0 aromatic carbocycles. The number of aliphatic imine (C=N–C) groups is 2. The molecule has 4 heterocycles. The van der Waals surface area contributed by atoms with E-state index >= 15 is 0 Å². The Labute approximate surface area is 187 Å². The molecule has 0 radical (unpaired) electrons. The van der Waals surface area contributed by atoms with E-state index in [4.69, 9.17) is 0 Å². The van der Waals surface area contributed by atoms with Gasteiger partial charge < -0.3 is 9.97 Å². The summed E-state index contributed by atoms with van der Waals surface area (Å²) in [5, 5.41) is 0. The number of hydrogen-bond donors (Lipinski definition) is 0. The molecular weight excluding hydrogens is 451 g/mol. The molecule has 0 bridgehead atoms. The molecule has 152 valence electrons. The van der Waals surface area contributed by atoms with Crippen molar-refractivity contribution in [3.05, 3.63) is 80.7 Å². The van der Waals surface area contributed by atoms with E-state index < -0.39 is 0 Å². The number of rotatable bonds is 2. The maximum Gasteiger partial charge on any atom is 2.00 e. The van der Waals surface area contributed by atoms with Gasteiger partial charge in [-0.2, -0.15) is 11.4 Å². The molecule has 0 aliphatic carbocycles. The summed E-state index contributed by atoms with van der Waals surface area (Å²) in [5.41, 5.74) is 11.3. The Balaban J connectivity index is 0.000000200. The van der Waals surface area contributed by atoms with E-state index in [9.17, 15) is 0 Å². The van der Waals surface area contributed by atoms with Crippen molar-refractivity contribution in [2.24, 2.45) is 9.98 Å². The van der Waals surface area contributed by atoms with Crippen LogP contribution in [0.5, 0.6) is 0 Å². The van der Waals surface area contributed by atoms with Gasteiger partial charge in [-0.1, -0.05) is 48.3 Å². The Hall–Kier alpha value is -2.48. The van der Waals surface area contributed by atoms with Crippen molar-refractivity contribution in [3.8, 4) is 0 Å². The zero-order valence-corrected chi connectivity index (χ0v) is 19.3. The van der Waals surface area contributed by atoms with Crippen molar-refractivity contribution in [2.75, 3.05) is 0 Å². The molecule has 2 aliphatic heterocycles. The fourth-order valence-corrected chi connectivity index (χ4v) is 2.98. The Morgan fingerprint density at radius 2 is 1.00 bits per heavy atom. The maximum absolute atomic E-state index is 4.49. The normalized spacial score (nSPS) is 16.6. The van der Waals surface area contributed by atoms with Gasteiger partial charge in [-0.25, -0.2) is 0 Å². The predicted octanol–water partition coefficient (Wildman–Crippen LogP) is 5.10. The number of nitrogens with zero attached hydrogens (tertiary/aromatic N) is 4. The summed E-state index contributed by atoms with van der Waals surface area (Å²) in [6.45, 7) is 12.5. The van der Waals surface area contributed by atoms with Crippen LogP contribution in [0.25, 0.3) is 12.2 Å². The first kappa shape index (κ1) is 22.8. The van der Waals surface area contributed by atoms with Gasteiger partial charge in [-0.3, -0.25) is 9.98 Å². The molecule has 0 atom stereocenters. The molecule has 5 heteroatoms. The van der Waals surface area contributed by atoms with Crippen molar-refractivity contribution < 1.29 is 20.4 Å². The summed E-state index contributed by atoms with van der Waals surface area (Å²) >= 11 is 0. The van der Waals surface area contributed by atoms with Crippen molar-refractivity contribution in [2.45, 2.75) is 41.5 Å². The van der Waals surface area contributed by atoms with Crippen molar-refractivity contribution in [3.63, 3.8) is 0 Å². The van der Waals surface area contributed by atoms with Crippen LogP contribution in [0.1, 0.15) is 45.0 Å². The number of aryl methyl sites for hydroxylation is 2. The van der Waals surface area contributed by atoms with E-state index in [2.05, 4.69) is 47.6 Å². The zero-order valence-electron chi connectivity index (χ0n) is 17.7. The molecule has 0 saturated carbocycles. The quantitative estimate of drug-likeness (QED) is 0.566.